The lowest BCUT2D eigenvalue weighted by molar-refractivity contribution is -0.124. The van der Waals surface area contributed by atoms with E-state index >= 15 is 0 Å². The van der Waals surface area contributed by atoms with Gasteiger partial charge in [0.05, 0.1) is 23.7 Å². The molecule has 0 saturated carbocycles. The molecule has 2 aliphatic rings. The summed E-state index contributed by atoms with van der Waals surface area (Å²) in [5.74, 6) is -1.38. The summed E-state index contributed by atoms with van der Waals surface area (Å²) in [6.07, 6.45) is -1.81. The van der Waals surface area contributed by atoms with Crippen LogP contribution in [0.5, 0.6) is 0 Å². The van der Waals surface area contributed by atoms with Crippen LogP contribution in [0.2, 0.25) is 0 Å². The number of thioether (sulfide) groups is 1. The Morgan fingerprint density at radius 2 is 2.18 bits per heavy atom. The van der Waals surface area contributed by atoms with Crippen LogP contribution in [0, 0.1) is 5.82 Å². The first kappa shape index (κ1) is 14.6. The number of hydrogen-bond donors (Lipinski definition) is 1. The fraction of sp³-hybridized carbons (Fsp3) is 0.308. The summed E-state index contributed by atoms with van der Waals surface area (Å²) < 4.78 is 19.1. The maximum atomic E-state index is 14.3. The van der Waals surface area contributed by atoms with Crippen molar-refractivity contribution in [3.05, 3.63) is 17.9 Å². The van der Waals surface area contributed by atoms with Crippen LogP contribution in [0.25, 0.3) is 0 Å². The highest BCUT2D eigenvalue weighted by atomic mass is 32.2. The Morgan fingerprint density at radius 1 is 1.45 bits per heavy atom. The number of ether oxygens (including phenoxy) is 1. The maximum absolute atomic E-state index is 14.3. The first-order chi connectivity index (χ1) is 10.4. The second-order valence-electron chi connectivity index (χ2n) is 4.90. The summed E-state index contributed by atoms with van der Waals surface area (Å²) in [7, 11) is 1.50. The highest BCUT2D eigenvalue weighted by molar-refractivity contribution is 8.00. The van der Waals surface area contributed by atoms with E-state index in [4.69, 9.17) is 10.5 Å². The number of nitrogens with two attached hydrogens (primary N) is 1. The Labute approximate surface area is 129 Å². The Morgan fingerprint density at radius 3 is 2.82 bits per heavy atom. The number of rotatable bonds is 2. The molecule has 9 heteroatoms. The fourth-order valence-corrected chi connectivity index (χ4v) is 3.38. The summed E-state index contributed by atoms with van der Waals surface area (Å²) in [6.45, 7) is -0.0637. The van der Waals surface area contributed by atoms with Gasteiger partial charge in [0, 0.05) is 11.9 Å². The first-order valence-electron chi connectivity index (χ1n) is 6.39. The van der Waals surface area contributed by atoms with Gasteiger partial charge in [0.15, 0.2) is 6.10 Å². The molecule has 116 valence electrons. The molecule has 2 N–H and O–H groups in total. The molecule has 3 rings (SSSR count). The van der Waals surface area contributed by atoms with Crippen molar-refractivity contribution < 1.29 is 23.5 Å². The summed E-state index contributed by atoms with van der Waals surface area (Å²) in [5, 5.41) is 0. The summed E-state index contributed by atoms with van der Waals surface area (Å²) in [6, 6.07) is 2.73. The van der Waals surface area contributed by atoms with Gasteiger partial charge in [-0.15, -0.1) is 11.8 Å². The van der Waals surface area contributed by atoms with Crippen LogP contribution in [0.1, 0.15) is 0 Å². The number of amides is 3. The molecule has 0 aromatic heterocycles. The van der Waals surface area contributed by atoms with Gasteiger partial charge in [-0.25, -0.2) is 9.18 Å². The third kappa shape index (κ3) is 2.27. The molecule has 7 nitrogen and oxygen atoms in total. The third-order valence-corrected chi connectivity index (χ3v) is 4.53. The zero-order chi connectivity index (χ0) is 16.0. The largest absolute Gasteiger partial charge is 0.434 e. The Balaban J connectivity index is 1.97. The van der Waals surface area contributed by atoms with Crippen LogP contribution in [0.15, 0.2) is 17.0 Å². The van der Waals surface area contributed by atoms with E-state index in [1.165, 1.54) is 23.7 Å². The molecule has 1 atom stereocenters. The average Bonchev–Trinajstić information content (AvgIpc) is 2.85. The fourth-order valence-electron chi connectivity index (χ4n) is 2.33. The SMILES string of the molecule is CN1C(=O)CSc2cc(N3C[C@H](C(N)=O)OC3=O)cc(F)c21. The van der Waals surface area contributed by atoms with Crippen molar-refractivity contribution in [2.24, 2.45) is 5.73 Å². The molecule has 0 bridgehead atoms. The lowest BCUT2D eigenvalue weighted by Gasteiger charge is -2.27. The van der Waals surface area contributed by atoms with Gasteiger partial charge in [-0.2, -0.15) is 0 Å². The Kier molecular flexibility index (Phi) is 3.44. The summed E-state index contributed by atoms with van der Waals surface area (Å²) >= 11 is 1.19. The van der Waals surface area contributed by atoms with Gasteiger partial charge >= 0.3 is 6.09 Å². The molecular formula is C13H12FN3O4S. The van der Waals surface area contributed by atoms with E-state index in [1.54, 1.807) is 6.07 Å². The number of benzene rings is 1. The van der Waals surface area contributed by atoms with Gasteiger partial charge in [0.25, 0.3) is 5.91 Å². The number of anilines is 2. The second-order valence-corrected chi connectivity index (χ2v) is 5.92. The van der Waals surface area contributed by atoms with Crippen molar-refractivity contribution in [1.82, 2.24) is 0 Å². The molecule has 0 unspecified atom stereocenters. The van der Waals surface area contributed by atoms with E-state index in [0.717, 1.165) is 11.0 Å². The van der Waals surface area contributed by atoms with E-state index in [9.17, 15) is 18.8 Å². The molecule has 2 heterocycles. The van der Waals surface area contributed by atoms with Gasteiger partial charge in [-0.1, -0.05) is 0 Å². The van der Waals surface area contributed by atoms with Gasteiger partial charge in [-0.05, 0) is 12.1 Å². The van der Waals surface area contributed by atoms with Crippen LogP contribution >= 0.6 is 11.8 Å². The van der Waals surface area contributed by atoms with Gasteiger partial charge in [0.2, 0.25) is 5.91 Å². The molecule has 1 fully saturated rings. The average molecular weight is 325 g/mol. The molecule has 0 spiro atoms. The lowest BCUT2D eigenvalue weighted by atomic mass is 10.2. The monoisotopic (exact) mass is 325 g/mol. The molecule has 2 aliphatic heterocycles. The quantitative estimate of drug-likeness (QED) is 0.864. The van der Waals surface area contributed by atoms with E-state index in [2.05, 4.69) is 0 Å². The van der Waals surface area contributed by atoms with Crippen LogP contribution in [-0.2, 0) is 14.3 Å². The van der Waals surface area contributed by atoms with Crippen LogP contribution in [-0.4, -0.2) is 43.4 Å². The minimum Gasteiger partial charge on any atom is -0.434 e. The van der Waals surface area contributed by atoms with Crippen molar-refractivity contribution in [2.75, 3.05) is 29.1 Å². The molecule has 1 saturated heterocycles. The Bertz CT molecular complexity index is 696. The lowest BCUT2D eigenvalue weighted by Crippen LogP contribution is -2.33. The number of carbonyl (C=O) groups is 3. The molecule has 3 amide bonds. The predicted octanol–water partition coefficient (Wildman–Crippen LogP) is 0.705. The summed E-state index contributed by atoms with van der Waals surface area (Å²) in [5.41, 5.74) is 5.56. The van der Waals surface area contributed by atoms with Crippen molar-refractivity contribution in [2.45, 2.75) is 11.0 Å². The number of hydrogen-bond acceptors (Lipinski definition) is 5. The van der Waals surface area contributed by atoms with Crippen LogP contribution in [0.3, 0.4) is 0 Å². The number of cyclic esters (lactones) is 1. The second kappa shape index (κ2) is 5.16. The van der Waals surface area contributed by atoms with E-state index in [-0.39, 0.29) is 29.6 Å². The molecule has 1 aromatic carbocycles. The number of nitrogens with zero attached hydrogens (tertiary/aromatic N) is 2. The van der Waals surface area contributed by atoms with Gasteiger partial charge in [0.1, 0.15) is 5.82 Å². The zero-order valence-electron chi connectivity index (χ0n) is 11.5. The highest BCUT2D eigenvalue weighted by Crippen LogP contribution is 2.40. The molecular weight excluding hydrogens is 313 g/mol. The standard InChI is InChI=1S/C13H12FN3O4S/c1-16-10(18)5-22-9-3-6(2-7(14)11(9)16)17-4-8(12(15)19)21-13(17)20/h2-3,8H,4-5H2,1H3,(H2,15,19)/t8-/m1/s1. The summed E-state index contributed by atoms with van der Waals surface area (Å²) in [4.78, 5) is 37.5. The minimum atomic E-state index is -1.05. The molecule has 0 aliphatic carbocycles. The van der Waals surface area contributed by atoms with E-state index in [0.29, 0.717) is 4.90 Å². The number of halogens is 1. The smallest absolute Gasteiger partial charge is 0.415 e. The highest BCUT2D eigenvalue weighted by Gasteiger charge is 2.37. The number of primary amides is 1. The maximum Gasteiger partial charge on any atom is 0.415 e. The van der Waals surface area contributed by atoms with E-state index < -0.39 is 23.9 Å². The van der Waals surface area contributed by atoms with Crippen molar-refractivity contribution in [1.29, 1.82) is 0 Å². The van der Waals surface area contributed by atoms with Crippen molar-refractivity contribution in [3.63, 3.8) is 0 Å². The number of carbonyl (C=O) groups excluding carboxylic acids is 3. The van der Waals surface area contributed by atoms with Crippen LogP contribution < -0.4 is 15.5 Å². The normalized spacial score (nSPS) is 20.9. The molecule has 0 radical (unpaired) electrons. The Hall–Kier alpha value is -2.29. The van der Waals surface area contributed by atoms with Gasteiger partial charge < -0.3 is 15.4 Å². The topological polar surface area (TPSA) is 92.9 Å². The van der Waals surface area contributed by atoms with Crippen LogP contribution in [0.4, 0.5) is 20.6 Å². The first-order valence-corrected chi connectivity index (χ1v) is 7.37. The molecule has 1 aromatic rings. The number of fused-ring (bicyclic) bond motifs is 1. The van der Waals surface area contributed by atoms with Crippen molar-refractivity contribution in [3.8, 4) is 0 Å². The van der Waals surface area contributed by atoms with Gasteiger partial charge in [-0.3, -0.25) is 14.5 Å². The zero-order valence-corrected chi connectivity index (χ0v) is 12.4. The van der Waals surface area contributed by atoms with E-state index in [1.807, 2.05) is 0 Å². The molecule has 22 heavy (non-hydrogen) atoms. The third-order valence-electron chi connectivity index (χ3n) is 3.51. The predicted molar refractivity (Wildman–Crippen MR) is 77.3 cm³/mol. The minimum absolute atomic E-state index is 0.0637. The van der Waals surface area contributed by atoms with Crippen molar-refractivity contribution >= 4 is 41.0 Å².